The van der Waals surface area contributed by atoms with Gasteiger partial charge in [-0.2, -0.15) is 0 Å². The van der Waals surface area contributed by atoms with Crippen molar-refractivity contribution < 1.29 is 18.7 Å². The topological polar surface area (TPSA) is 73.3 Å². The van der Waals surface area contributed by atoms with Crippen molar-refractivity contribution in [2.75, 3.05) is 12.4 Å². The Bertz CT molecular complexity index is 1020. The van der Waals surface area contributed by atoms with Crippen LogP contribution in [0.15, 0.2) is 48.7 Å². The number of nitrogens with one attached hydrogen (secondary N) is 1. The number of pyridine rings is 2. The van der Waals surface area contributed by atoms with E-state index in [9.17, 15) is 9.18 Å². The number of esters is 1. The number of aryl methyl sites for hydroxylation is 3. The molecule has 0 bridgehead atoms. The highest BCUT2D eigenvalue weighted by molar-refractivity contribution is 5.69. The summed E-state index contributed by atoms with van der Waals surface area (Å²) in [5.74, 6) is 1.07. The molecule has 1 N–H and O–H groups in total. The van der Waals surface area contributed by atoms with E-state index in [-0.39, 0.29) is 24.6 Å². The highest BCUT2D eigenvalue weighted by atomic mass is 19.1. The van der Waals surface area contributed by atoms with Gasteiger partial charge in [0.05, 0.1) is 12.8 Å². The number of hydrogen-bond acceptors (Lipinski definition) is 6. The summed E-state index contributed by atoms with van der Waals surface area (Å²) >= 11 is 0. The maximum Gasteiger partial charge on any atom is 0.305 e. The second kappa shape index (κ2) is 9.14. The first kappa shape index (κ1) is 20.3. The molecule has 0 aliphatic heterocycles. The molecule has 6 nitrogen and oxygen atoms in total. The van der Waals surface area contributed by atoms with Crippen LogP contribution in [0, 0.1) is 19.7 Å². The van der Waals surface area contributed by atoms with E-state index in [1.54, 1.807) is 30.5 Å². The van der Waals surface area contributed by atoms with Gasteiger partial charge in [0.1, 0.15) is 23.1 Å². The molecular weight excluding hydrogens is 373 g/mol. The number of hydrogen-bond donors (Lipinski definition) is 1. The first-order valence-corrected chi connectivity index (χ1v) is 9.15. The summed E-state index contributed by atoms with van der Waals surface area (Å²) in [5.41, 5.74) is 2.80. The number of rotatable bonds is 7. The van der Waals surface area contributed by atoms with Gasteiger partial charge in [0.25, 0.3) is 0 Å². The molecule has 0 fully saturated rings. The van der Waals surface area contributed by atoms with Crippen molar-refractivity contribution in [2.24, 2.45) is 0 Å². The molecule has 0 unspecified atom stereocenters. The molecular formula is C22H22FN3O3. The zero-order valence-corrected chi connectivity index (χ0v) is 16.5. The molecule has 0 aliphatic rings. The van der Waals surface area contributed by atoms with Gasteiger partial charge in [0.2, 0.25) is 0 Å². The summed E-state index contributed by atoms with van der Waals surface area (Å²) in [4.78, 5) is 20.0. The van der Waals surface area contributed by atoms with E-state index >= 15 is 0 Å². The van der Waals surface area contributed by atoms with Gasteiger partial charge in [0, 0.05) is 30.1 Å². The van der Waals surface area contributed by atoms with Crippen molar-refractivity contribution in [1.82, 2.24) is 9.97 Å². The molecule has 29 heavy (non-hydrogen) atoms. The van der Waals surface area contributed by atoms with Crippen LogP contribution in [-0.4, -0.2) is 23.0 Å². The molecule has 3 rings (SSSR count). The van der Waals surface area contributed by atoms with Crippen LogP contribution in [0.2, 0.25) is 0 Å². The van der Waals surface area contributed by atoms with E-state index in [2.05, 4.69) is 20.0 Å². The lowest BCUT2D eigenvalue weighted by Crippen LogP contribution is -2.04. The SMILES string of the molecule is COC(=O)CCc1cc(Nc2cc(Oc3ccc(C)nc3C)ccn2)ccc1F. The number of anilines is 2. The Morgan fingerprint density at radius 3 is 2.72 bits per heavy atom. The average Bonchev–Trinajstić information content (AvgIpc) is 2.70. The van der Waals surface area contributed by atoms with Gasteiger partial charge in [-0.3, -0.25) is 9.78 Å². The number of methoxy groups -OCH3 is 1. The van der Waals surface area contributed by atoms with Crippen molar-refractivity contribution in [2.45, 2.75) is 26.7 Å². The van der Waals surface area contributed by atoms with Gasteiger partial charge in [-0.1, -0.05) is 0 Å². The van der Waals surface area contributed by atoms with E-state index in [0.29, 0.717) is 28.6 Å². The van der Waals surface area contributed by atoms with Crippen LogP contribution in [-0.2, 0) is 16.0 Å². The Morgan fingerprint density at radius 2 is 1.97 bits per heavy atom. The van der Waals surface area contributed by atoms with Gasteiger partial charge in [-0.25, -0.2) is 9.37 Å². The minimum atomic E-state index is -0.379. The standard InChI is InChI=1S/C22H22FN3O3/c1-14-4-8-20(15(2)25-14)29-18-10-11-24-21(13-18)26-17-6-7-19(23)16(12-17)5-9-22(27)28-3/h4,6-8,10-13H,5,9H2,1-3H3,(H,24,26). The minimum absolute atomic E-state index is 0.113. The van der Waals surface area contributed by atoms with Gasteiger partial charge >= 0.3 is 5.97 Å². The molecule has 0 amide bonds. The molecule has 7 heteroatoms. The number of aromatic nitrogens is 2. The third-order valence-corrected chi connectivity index (χ3v) is 4.28. The largest absolute Gasteiger partial charge is 0.469 e. The van der Waals surface area contributed by atoms with Gasteiger partial charge in [-0.15, -0.1) is 0 Å². The monoisotopic (exact) mass is 395 g/mol. The molecule has 2 heterocycles. The van der Waals surface area contributed by atoms with Crippen molar-refractivity contribution in [3.8, 4) is 11.5 Å². The van der Waals surface area contributed by atoms with Gasteiger partial charge < -0.3 is 14.8 Å². The first-order valence-electron chi connectivity index (χ1n) is 9.15. The number of halogens is 1. The number of ether oxygens (including phenoxy) is 2. The molecule has 3 aromatic rings. The lowest BCUT2D eigenvalue weighted by Gasteiger charge is -2.11. The fraction of sp³-hybridized carbons (Fsp3) is 0.227. The highest BCUT2D eigenvalue weighted by Crippen LogP contribution is 2.27. The Morgan fingerprint density at radius 1 is 1.14 bits per heavy atom. The van der Waals surface area contributed by atoms with Crippen LogP contribution in [0.1, 0.15) is 23.4 Å². The van der Waals surface area contributed by atoms with E-state index in [0.717, 1.165) is 11.4 Å². The quantitative estimate of drug-likeness (QED) is 0.575. The second-order valence-electron chi connectivity index (χ2n) is 6.52. The van der Waals surface area contributed by atoms with Crippen LogP contribution < -0.4 is 10.1 Å². The minimum Gasteiger partial charge on any atom is -0.469 e. The summed E-state index contributed by atoms with van der Waals surface area (Å²) in [7, 11) is 1.31. The first-order chi connectivity index (χ1) is 13.9. The molecule has 0 spiro atoms. The Hall–Kier alpha value is -3.48. The van der Waals surface area contributed by atoms with E-state index in [4.69, 9.17) is 4.74 Å². The fourth-order valence-electron chi connectivity index (χ4n) is 2.78. The predicted molar refractivity (Wildman–Crippen MR) is 108 cm³/mol. The molecule has 1 aromatic carbocycles. The lowest BCUT2D eigenvalue weighted by molar-refractivity contribution is -0.140. The van der Waals surface area contributed by atoms with Gasteiger partial charge in [0.15, 0.2) is 0 Å². The summed E-state index contributed by atoms with van der Waals surface area (Å²) in [6.45, 7) is 3.81. The normalized spacial score (nSPS) is 10.5. The van der Waals surface area contributed by atoms with Crippen molar-refractivity contribution in [3.63, 3.8) is 0 Å². The van der Waals surface area contributed by atoms with Crippen molar-refractivity contribution in [3.05, 3.63) is 71.4 Å². The zero-order valence-electron chi connectivity index (χ0n) is 16.5. The maximum absolute atomic E-state index is 14.0. The van der Waals surface area contributed by atoms with E-state index in [1.807, 2.05) is 26.0 Å². The van der Waals surface area contributed by atoms with Crippen LogP contribution in [0.25, 0.3) is 0 Å². The molecule has 0 atom stereocenters. The van der Waals surface area contributed by atoms with Crippen LogP contribution in [0.5, 0.6) is 11.5 Å². The molecule has 0 saturated heterocycles. The third-order valence-electron chi connectivity index (χ3n) is 4.28. The zero-order chi connectivity index (χ0) is 20.8. The Labute approximate surface area is 168 Å². The van der Waals surface area contributed by atoms with Crippen LogP contribution in [0.3, 0.4) is 0 Å². The summed E-state index contributed by atoms with van der Waals surface area (Å²) in [6.07, 6.45) is 1.99. The van der Waals surface area contributed by atoms with Crippen molar-refractivity contribution in [1.29, 1.82) is 0 Å². The molecule has 0 saturated carbocycles. The second-order valence-corrected chi connectivity index (χ2v) is 6.52. The average molecular weight is 395 g/mol. The highest BCUT2D eigenvalue weighted by Gasteiger charge is 2.09. The number of benzene rings is 1. The summed E-state index contributed by atoms with van der Waals surface area (Å²) < 4.78 is 24.5. The van der Waals surface area contributed by atoms with Crippen molar-refractivity contribution >= 4 is 17.5 Å². The van der Waals surface area contributed by atoms with E-state index in [1.165, 1.54) is 13.2 Å². The van der Waals surface area contributed by atoms with E-state index < -0.39 is 0 Å². The maximum atomic E-state index is 14.0. The summed E-state index contributed by atoms with van der Waals surface area (Å²) in [5, 5.41) is 3.13. The van der Waals surface area contributed by atoms with Crippen LogP contribution >= 0.6 is 0 Å². The predicted octanol–water partition coefficient (Wildman–Crippen LogP) is 4.87. The number of carbonyl (C=O) groups excluding carboxylic acids is 1. The summed E-state index contributed by atoms with van der Waals surface area (Å²) in [6, 6.07) is 11.9. The molecule has 0 radical (unpaired) electrons. The Balaban J connectivity index is 1.73. The molecule has 2 aromatic heterocycles. The lowest BCUT2D eigenvalue weighted by atomic mass is 10.1. The number of carbonyl (C=O) groups is 1. The number of nitrogens with zero attached hydrogens (tertiary/aromatic N) is 2. The van der Waals surface area contributed by atoms with Gasteiger partial charge in [-0.05, 0) is 62.2 Å². The molecule has 150 valence electrons. The Kier molecular flexibility index (Phi) is 6.39. The molecule has 0 aliphatic carbocycles. The van der Waals surface area contributed by atoms with Crippen LogP contribution in [0.4, 0.5) is 15.9 Å². The smallest absolute Gasteiger partial charge is 0.305 e. The third kappa shape index (κ3) is 5.51. The fourth-order valence-corrected chi connectivity index (χ4v) is 2.78.